The second kappa shape index (κ2) is 10.4. The molecule has 2 aliphatic rings. The normalized spacial score (nSPS) is 18.6. The molecule has 7 nitrogen and oxygen atoms in total. The van der Waals surface area contributed by atoms with E-state index < -0.39 is 0 Å². The van der Waals surface area contributed by atoms with Crippen LogP contribution < -0.4 is 14.8 Å². The summed E-state index contributed by atoms with van der Waals surface area (Å²) < 4.78 is 16.5. The Morgan fingerprint density at radius 2 is 1.90 bits per heavy atom. The Hall–Kier alpha value is -2.44. The van der Waals surface area contributed by atoms with Crippen molar-refractivity contribution < 1.29 is 19.0 Å². The number of benzene rings is 1. The second-order valence-corrected chi connectivity index (χ2v) is 7.68. The summed E-state index contributed by atoms with van der Waals surface area (Å²) in [5.41, 5.74) is 1.09. The van der Waals surface area contributed by atoms with Gasteiger partial charge in [0.15, 0.2) is 5.96 Å². The SMILES string of the molecule is CN=C(NCc1ccc(OC)cc1OC1CCCC1)N1CCC(C(=O)OC)CC1. The first kappa shape index (κ1) is 21.3. The van der Waals surface area contributed by atoms with Crippen LogP contribution in [-0.4, -0.2) is 57.3 Å². The zero-order valence-corrected chi connectivity index (χ0v) is 17.8. The summed E-state index contributed by atoms with van der Waals surface area (Å²) in [7, 11) is 4.92. The molecule has 0 unspecified atom stereocenters. The molecule has 1 saturated heterocycles. The van der Waals surface area contributed by atoms with Crippen molar-refractivity contribution in [3.05, 3.63) is 23.8 Å². The van der Waals surface area contributed by atoms with Gasteiger partial charge in [0, 0.05) is 38.3 Å². The topological polar surface area (TPSA) is 72.4 Å². The third-order valence-corrected chi connectivity index (χ3v) is 5.85. The van der Waals surface area contributed by atoms with Gasteiger partial charge in [-0.05, 0) is 50.7 Å². The number of esters is 1. The van der Waals surface area contributed by atoms with E-state index in [4.69, 9.17) is 14.2 Å². The maximum Gasteiger partial charge on any atom is 0.308 e. The van der Waals surface area contributed by atoms with Crippen LogP contribution in [0.15, 0.2) is 23.2 Å². The Kier molecular flexibility index (Phi) is 7.61. The summed E-state index contributed by atoms with van der Waals surface area (Å²) in [5.74, 6) is 2.40. The Morgan fingerprint density at radius 3 is 2.52 bits per heavy atom. The molecule has 1 heterocycles. The van der Waals surface area contributed by atoms with Crippen LogP contribution in [-0.2, 0) is 16.1 Å². The van der Waals surface area contributed by atoms with Crippen LogP contribution in [0, 0.1) is 5.92 Å². The third-order valence-electron chi connectivity index (χ3n) is 5.85. The fourth-order valence-electron chi connectivity index (χ4n) is 4.10. The smallest absolute Gasteiger partial charge is 0.308 e. The fraction of sp³-hybridized carbons (Fsp3) is 0.636. The Balaban J connectivity index is 1.61. The van der Waals surface area contributed by atoms with Crippen molar-refractivity contribution >= 4 is 11.9 Å². The minimum absolute atomic E-state index is 0.0117. The predicted octanol–water partition coefficient (Wildman–Crippen LogP) is 2.98. The van der Waals surface area contributed by atoms with Gasteiger partial charge in [-0.25, -0.2) is 0 Å². The minimum atomic E-state index is -0.112. The molecular formula is C22H33N3O4. The molecule has 0 aromatic heterocycles. The molecule has 1 aromatic carbocycles. The molecule has 160 valence electrons. The highest BCUT2D eigenvalue weighted by Gasteiger charge is 2.27. The number of nitrogens with zero attached hydrogens (tertiary/aromatic N) is 2. The Morgan fingerprint density at radius 1 is 1.17 bits per heavy atom. The van der Waals surface area contributed by atoms with Gasteiger partial charge in [-0.2, -0.15) is 0 Å². The quantitative estimate of drug-likeness (QED) is 0.447. The number of likely N-dealkylation sites (tertiary alicyclic amines) is 1. The number of guanidine groups is 1. The number of hydrogen-bond acceptors (Lipinski definition) is 5. The number of hydrogen-bond donors (Lipinski definition) is 1. The number of carbonyl (C=O) groups is 1. The zero-order chi connectivity index (χ0) is 20.6. The summed E-state index contributed by atoms with van der Waals surface area (Å²) >= 11 is 0. The van der Waals surface area contributed by atoms with Gasteiger partial charge in [0.25, 0.3) is 0 Å². The summed E-state index contributed by atoms with van der Waals surface area (Å²) in [4.78, 5) is 18.4. The number of nitrogens with one attached hydrogen (secondary N) is 1. The highest BCUT2D eigenvalue weighted by molar-refractivity contribution is 5.80. The zero-order valence-electron chi connectivity index (χ0n) is 17.8. The first-order chi connectivity index (χ1) is 14.1. The summed E-state index contributed by atoms with van der Waals surface area (Å²) in [6, 6.07) is 5.98. The van der Waals surface area contributed by atoms with Crippen LogP contribution in [0.25, 0.3) is 0 Å². The fourth-order valence-corrected chi connectivity index (χ4v) is 4.10. The number of piperidine rings is 1. The van der Waals surface area contributed by atoms with Crippen molar-refractivity contribution in [2.24, 2.45) is 10.9 Å². The number of aliphatic imine (C=N–C) groups is 1. The minimum Gasteiger partial charge on any atom is -0.497 e. The molecule has 0 radical (unpaired) electrons. The molecule has 1 aromatic rings. The molecule has 0 bridgehead atoms. The maximum absolute atomic E-state index is 11.7. The number of ether oxygens (including phenoxy) is 3. The monoisotopic (exact) mass is 403 g/mol. The van der Waals surface area contributed by atoms with Gasteiger partial charge in [0.1, 0.15) is 11.5 Å². The van der Waals surface area contributed by atoms with Crippen molar-refractivity contribution in [2.75, 3.05) is 34.4 Å². The van der Waals surface area contributed by atoms with Gasteiger partial charge in [0.05, 0.1) is 26.2 Å². The highest BCUT2D eigenvalue weighted by atomic mass is 16.5. The van der Waals surface area contributed by atoms with E-state index in [1.165, 1.54) is 20.0 Å². The average Bonchev–Trinajstić information content (AvgIpc) is 3.28. The summed E-state index contributed by atoms with van der Waals surface area (Å²) in [5, 5.41) is 3.46. The summed E-state index contributed by atoms with van der Waals surface area (Å²) in [6.45, 7) is 2.19. The van der Waals surface area contributed by atoms with E-state index >= 15 is 0 Å². The lowest BCUT2D eigenvalue weighted by Gasteiger charge is -2.33. The van der Waals surface area contributed by atoms with E-state index in [1.807, 2.05) is 18.2 Å². The Labute approximate surface area is 173 Å². The maximum atomic E-state index is 11.7. The van der Waals surface area contributed by atoms with E-state index in [9.17, 15) is 4.79 Å². The molecule has 0 amide bonds. The number of carbonyl (C=O) groups excluding carboxylic acids is 1. The van der Waals surface area contributed by atoms with E-state index in [-0.39, 0.29) is 18.0 Å². The molecule has 7 heteroatoms. The average molecular weight is 404 g/mol. The molecule has 1 aliphatic carbocycles. The van der Waals surface area contributed by atoms with Crippen LogP contribution >= 0.6 is 0 Å². The van der Waals surface area contributed by atoms with Crippen LogP contribution in [0.2, 0.25) is 0 Å². The highest BCUT2D eigenvalue weighted by Crippen LogP contribution is 2.30. The van der Waals surface area contributed by atoms with E-state index in [0.717, 1.165) is 61.8 Å². The molecule has 1 saturated carbocycles. The van der Waals surface area contributed by atoms with E-state index in [1.54, 1.807) is 14.2 Å². The molecule has 0 spiro atoms. The summed E-state index contributed by atoms with van der Waals surface area (Å²) in [6.07, 6.45) is 6.55. The second-order valence-electron chi connectivity index (χ2n) is 7.68. The van der Waals surface area contributed by atoms with Crippen LogP contribution in [0.1, 0.15) is 44.1 Å². The largest absolute Gasteiger partial charge is 0.497 e. The number of methoxy groups -OCH3 is 2. The molecule has 29 heavy (non-hydrogen) atoms. The number of rotatable bonds is 6. The lowest BCUT2D eigenvalue weighted by molar-refractivity contribution is -0.146. The van der Waals surface area contributed by atoms with Crippen molar-refractivity contribution in [2.45, 2.75) is 51.2 Å². The standard InChI is InChI=1S/C22H33N3O4/c1-23-22(25-12-10-16(11-13-25)21(26)28-3)24-15-17-8-9-19(27-2)14-20(17)29-18-6-4-5-7-18/h8-9,14,16,18H,4-7,10-13,15H2,1-3H3,(H,23,24). The van der Waals surface area contributed by atoms with Crippen LogP contribution in [0.3, 0.4) is 0 Å². The predicted molar refractivity (Wildman–Crippen MR) is 112 cm³/mol. The Bertz CT molecular complexity index is 708. The first-order valence-electron chi connectivity index (χ1n) is 10.5. The lowest BCUT2D eigenvalue weighted by Crippen LogP contribution is -2.46. The van der Waals surface area contributed by atoms with E-state index in [0.29, 0.717) is 6.54 Å². The van der Waals surface area contributed by atoms with Crippen molar-refractivity contribution in [1.29, 1.82) is 0 Å². The molecular weight excluding hydrogens is 370 g/mol. The van der Waals surface area contributed by atoms with Crippen molar-refractivity contribution in [3.63, 3.8) is 0 Å². The molecule has 1 aliphatic heterocycles. The molecule has 3 rings (SSSR count). The molecule has 2 fully saturated rings. The molecule has 1 N–H and O–H groups in total. The van der Waals surface area contributed by atoms with Crippen LogP contribution in [0.4, 0.5) is 0 Å². The van der Waals surface area contributed by atoms with Crippen molar-refractivity contribution in [3.8, 4) is 11.5 Å². The van der Waals surface area contributed by atoms with Crippen LogP contribution in [0.5, 0.6) is 11.5 Å². The van der Waals surface area contributed by atoms with Gasteiger partial charge in [-0.3, -0.25) is 9.79 Å². The third kappa shape index (κ3) is 5.55. The first-order valence-corrected chi connectivity index (χ1v) is 10.5. The van der Waals surface area contributed by atoms with Crippen molar-refractivity contribution in [1.82, 2.24) is 10.2 Å². The molecule has 0 atom stereocenters. The van der Waals surface area contributed by atoms with Gasteiger partial charge in [0.2, 0.25) is 0 Å². The van der Waals surface area contributed by atoms with Gasteiger partial charge >= 0.3 is 5.97 Å². The lowest BCUT2D eigenvalue weighted by atomic mass is 9.97. The van der Waals surface area contributed by atoms with Gasteiger partial charge in [-0.15, -0.1) is 0 Å². The van der Waals surface area contributed by atoms with E-state index in [2.05, 4.69) is 15.2 Å². The van der Waals surface area contributed by atoms with Gasteiger partial charge < -0.3 is 24.4 Å². The van der Waals surface area contributed by atoms with Gasteiger partial charge in [-0.1, -0.05) is 0 Å².